The van der Waals surface area contributed by atoms with Crippen LogP contribution in [0.3, 0.4) is 0 Å². The van der Waals surface area contributed by atoms with Gasteiger partial charge in [-0.25, -0.2) is 0 Å². The van der Waals surface area contributed by atoms with E-state index in [1.165, 1.54) is 12.1 Å². The third kappa shape index (κ3) is 5.72. The van der Waals surface area contributed by atoms with Gasteiger partial charge in [-0.2, -0.15) is 0 Å². The number of anilines is 1. The van der Waals surface area contributed by atoms with Crippen molar-refractivity contribution in [2.24, 2.45) is 0 Å². The molecule has 1 aliphatic rings. The Morgan fingerprint density at radius 2 is 1.82 bits per heavy atom. The number of hydrogen-bond acceptors (Lipinski definition) is 8. The maximum Gasteiger partial charge on any atom is 0.269 e. The number of thioether (sulfide) groups is 1. The average Bonchev–Trinajstić information content (AvgIpc) is 3.61. The van der Waals surface area contributed by atoms with Crippen molar-refractivity contribution in [3.8, 4) is 17.3 Å². The van der Waals surface area contributed by atoms with Gasteiger partial charge in [0, 0.05) is 56.2 Å². The quantitative estimate of drug-likeness (QED) is 0.129. The number of rotatable bonds is 9. The van der Waals surface area contributed by atoms with Gasteiger partial charge in [-0.15, -0.1) is 10.2 Å². The molecule has 0 saturated carbocycles. The smallest absolute Gasteiger partial charge is 0.269 e. The number of hydrogen-bond donors (Lipinski definition) is 0. The lowest BCUT2D eigenvalue weighted by molar-refractivity contribution is -0.384. The number of nitro benzene ring substituents is 1. The van der Waals surface area contributed by atoms with Crippen LogP contribution in [0.2, 0.25) is 0 Å². The Balaban J connectivity index is 1.14. The highest BCUT2D eigenvalue weighted by Gasteiger charge is 2.22. The number of aromatic nitrogens is 3. The van der Waals surface area contributed by atoms with Gasteiger partial charge >= 0.3 is 0 Å². The largest absolute Gasteiger partial charge is 0.461 e. The van der Waals surface area contributed by atoms with E-state index in [2.05, 4.69) is 21.2 Å². The van der Waals surface area contributed by atoms with Crippen LogP contribution in [0.15, 0.2) is 76.5 Å². The first-order valence-electron chi connectivity index (χ1n) is 12.5. The SMILES string of the molecule is Cc1cccc(-n2c(SCCCC(=O)N3CCN(c4ccc([N+](=O)[O-])cc4)CC3)nnc2-c2ccco2)c1. The molecule has 1 amide bonds. The maximum absolute atomic E-state index is 12.8. The minimum Gasteiger partial charge on any atom is -0.461 e. The summed E-state index contributed by atoms with van der Waals surface area (Å²) >= 11 is 1.58. The Morgan fingerprint density at radius 3 is 2.50 bits per heavy atom. The van der Waals surface area contributed by atoms with Crippen LogP contribution < -0.4 is 4.90 Å². The Morgan fingerprint density at radius 1 is 1.03 bits per heavy atom. The third-order valence-electron chi connectivity index (χ3n) is 6.46. The molecule has 0 N–H and O–H groups in total. The van der Waals surface area contributed by atoms with Crippen molar-refractivity contribution in [2.45, 2.75) is 24.9 Å². The monoisotopic (exact) mass is 532 g/mol. The lowest BCUT2D eigenvalue weighted by Gasteiger charge is -2.36. The first-order chi connectivity index (χ1) is 18.5. The number of nitrogens with zero attached hydrogens (tertiary/aromatic N) is 6. The van der Waals surface area contributed by atoms with Crippen molar-refractivity contribution >= 4 is 29.0 Å². The van der Waals surface area contributed by atoms with Crippen LogP contribution in [0.4, 0.5) is 11.4 Å². The molecule has 38 heavy (non-hydrogen) atoms. The molecule has 2 aromatic heterocycles. The molecule has 0 bridgehead atoms. The van der Waals surface area contributed by atoms with Crippen LogP contribution in [0.5, 0.6) is 0 Å². The van der Waals surface area contributed by atoms with Gasteiger partial charge in [0.25, 0.3) is 5.69 Å². The summed E-state index contributed by atoms with van der Waals surface area (Å²) in [4.78, 5) is 27.4. The molecule has 5 rings (SSSR count). The van der Waals surface area contributed by atoms with Crippen molar-refractivity contribution in [2.75, 3.05) is 36.8 Å². The molecule has 1 aliphatic heterocycles. The third-order valence-corrected chi connectivity index (χ3v) is 7.47. The van der Waals surface area contributed by atoms with Crippen LogP contribution >= 0.6 is 11.8 Å². The number of aryl methyl sites for hydroxylation is 1. The van der Waals surface area contributed by atoms with Gasteiger partial charge in [0.15, 0.2) is 10.9 Å². The normalized spacial score (nSPS) is 13.6. The summed E-state index contributed by atoms with van der Waals surface area (Å²) in [6.45, 7) is 4.72. The van der Waals surface area contributed by atoms with Gasteiger partial charge in [-0.3, -0.25) is 19.5 Å². The van der Waals surface area contributed by atoms with Crippen molar-refractivity contribution in [3.05, 3.63) is 82.6 Å². The van der Waals surface area contributed by atoms with Gasteiger partial charge in [-0.1, -0.05) is 23.9 Å². The summed E-state index contributed by atoms with van der Waals surface area (Å²) in [6, 6.07) is 18.4. The summed E-state index contributed by atoms with van der Waals surface area (Å²) in [7, 11) is 0. The maximum atomic E-state index is 12.8. The molecule has 10 nitrogen and oxygen atoms in total. The summed E-state index contributed by atoms with van der Waals surface area (Å²) < 4.78 is 7.58. The molecule has 0 atom stereocenters. The van der Waals surface area contributed by atoms with E-state index in [4.69, 9.17) is 4.42 Å². The highest BCUT2D eigenvalue weighted by Crippen LogP contribution is 2.29. The van der Waals surface area contributed by atoms with Crippen LogP contribution in [0.25, 0.3) is 17.3 Å². The molecule has 11 heteroatoms. The predicted octanol–water partition coefficient (Wildman–Crippen LogP) is 4.97. The minimum atomic E-state index is -0.400. The van der Waals surface area contributed by atoms with E-state index in [-0.39, 0.29) is 11.6 Å². The number of benzene rings is 2. The molecule has 4 aromatic rings. The second-order valence-corrected chi connectivity index (χ2v) is 10.1. The zero-order valence-corrected chi connectivity index (χ0v) is 21.8. The molecule has 0 aliphatic carbocycles. The molecule has 1 saturated heterocycles. The Kier molecular flexibility index (Phi) is 7.73. The molecular weight excluding hydrogens is 504 g/mol. The predicted molar refractivity (Wildman–Crippen MR) is 146 cm³/mol. The molecular formula is C27H28N6O4S. The van der Waals surface area contributed by atoms with Gasteiger partial charge in [-0.05, 0) is 55.3 Å². The van der Waals surface area contributed by atoms with E-state index >= 15 is 0 Å². The lowest BCUT2D eigenvalue weighted by atomic mass is 10.2. The van der Waals surface area contributed by atoms with Crippen molar-refractivity contribution in [1.29, 1.82) is 0 Å². The minimum absolute atomic E-state index is 0.0785. The fourth-order valence-corrected chi connectivity index (χ4v) is 5.36. The summed E-state index contributed by atoms with van der Waals surface area (Å²) in [5.41, 5.74) is 3.11. The number of non-ortho nitro benzene ring substituents is 1. The molecule has 0 radical (unpaired) electrons. The molecule has 0 spiro atoms. The van der Waals surface area contributed by atoms with E-state index in [0.717, 1.165) is 34.3 Å². The van der Waals surface area contributed by atoms with Crippen LogP contribution in [-0.2, 0) is 4.79 Å². The number of piperazine rings is 1. The van der Waals surface area contributed by atoms with E-state index in [1.807, 2.05) is 46.7 Å². The Bertz CT molecular complexity index is 1400. The fraction of sp³-hybridized carbons (Fsp3) is 0.296. The first kappa shape index (κ1) is 25.5. The highest BCUT2D eigenvalue weighted by molar-refractivity contribution is 7.99. The van der Waals surface area contributed by atoms with E-state index < -0.39 is 4.92 Å². The van der Waals surface area contributed by atoms with Gasteiger partial charge in [0.05, 0.1) is 16.9 Å². The number of carbonyl (C=O) groups excluding carboxylic acids is 1. The number of nitro groups is 1. The summed E-state index contributed by atoms with van der Waals surface area (Å²) in [5, 5.41) is 20.4. The van der Waals surface area contributed by atoms with E-state index in [1.54, 1.807) is 30.2 Å². The summed E-state index contributed by atoms with van der Waals surface area (Å²) in [5.74, 6) is 2.17. The van der Waals surface area contributed by atoms with Gasteiger partial charge < -0.3 is 14.2 Å². The molecule has 1 fully saturated rings. The molecule has 2 aromatic carbocycles. The van der Waals surface area contributed by atoms with Gasteiger partial charge in [0.2, 0.25) is 11.7 Å². The second-order valence-electron chi connectivity index (χ2n) is 9.05. The molecule has 3 heterocycles. The number of carbonyl (C=O) groups is 1. The molecule has 196 valence electrons. The Labute approximate surface area is 224 Å². The second kappa shape index (κ2) is 11.5. The lowest BCUT2D eigenvalue weighted by Crippen LogP contribution is -2.48. The first-order valence-corrected chi connectivity index (χ1v) is 13.4. The van der Waals surface area contributed by atoms with Crippen LogP contribution in [0.1, 0.15) is 18.4 Å². The van der Waals surface area contributed by atoms with Crippen molar-refractivity contribution in [3.63, 3.8) is 0 Å². The zero-order valence-electron chi connectivity index (χ0n) is 21.0. The number of amides is 1. The molecule has 0 unspecified atom stereocenters. The summed E-state index contributed by atoms with van der Waals surface area (Å²) in [6.07, 6.45) is 2.81. The topological polar surface area (TPSA) is 111 Å². The Hall–Kier alpha value is -4.12. The highest BCUT2D eigenvalue weighted by atomic mass is 32.2. The zero-order chi connectivity index (χ0) is 26.5. The standard InChI is InChI=1S/C27H28N6O4S/c1-20-5-2-6-23(19-20)32-26(24-7-3-17-37-24)28-29-27(32)38-18-4-8-25(34)31-15-13-30(14-16-31)21-9-11-22(12-10-21)33(35)36/h2-3,5-7,9-12,17,19H,4,8,13-16,18H2,1H3. The number of furan rings is 1. The van der Waals surface area contributed by atoms with Crippen LogP contribution in [-0.4, -0.2) is 62.4 Å². The van der Waals surface area contributed by atoms with E-state index in [0.29, 0.717) is 44.2 Å². The van der Waals surface area contributed by atoms with Crippen LogP contribution in [0, 0.1) is 17.0 Å². The van der Waals surface area contributed by atoms with Gasteiger partial charge in [0.1, 0.15) is 0 Å². The average molecular weight is 533 g/mol. The van der Waals surface area contributed by atoms with Crippen molar-refractivity contribution < 1.29 is 14.1 Å². The fourth-order valence-electron chi connectivity index (χ4n) is 4.47. The van der Waals surface area contributed by atoms with Crippen molar-refractivity contribution in [1.82, 2.24) is 19.7 Å². The van der Waals surface area contributed by atoms with E-state index in [9.17, 15) is 14.9 Å².